The lowest BCUT2D eigenvalue weighted by atomic mass is 10.1. The Morgan fingerprint density at radius 1 is 0.818 bits per heavy atom. The molecular formula is C19H16O3. The Morgan fingerprint density at radius 3 is 2.36 bits per heavy atom. The zero-order valence-electron chi connectivity index (χ0n) is 12.1. The van der Waals surface area contributed by atoms with Crippen molar-refractivity contribution in [2.75, 3.05) is 6.61 Å². The first-order chi connectivity index (χ1) is 10.8. The fourth-order valence-electron chi connectivity index (χ4n) is 2.18. The predicted octanol–water partition coefficient (Wildman–Crippen LogP) is 3.96. The maximum absolute atomic E-state index is 11.7. The standard InChI is InChI=1S/C19H16O3/c20-19(22-13-15-6-2-1-3-7-15)14-21-18-11-10-16-8-4-5-9-17(16)12-18/h1-12H,13-14H2. The maximum Gasteiger partial charge on any atom is 0.344 e. The highest BCUT2D eigenvalue weighted by Crippen LogP contribution is 2.20. The summed E-state index contributed by atoms with van der Waals surface area (Å²) in [4.78, 5) is 11.7. The van der Waals surface area contributed by atoms with Gasteiger partial charge in [0.15, 0.2) is 6.61 Å². The molecule has 0 heterocycles. The summed E-state index contributed by atoms with van der Waals surface area (Å²) < 4.78 is 10.7. The average molecular weight is 292 g/mol. The summed E-state index contributed by atoms with van der Waals surface area (Å²) in [5.74, 6) is 0.285. The van der Waals surface area contributed by atoms with Crippen molar-refractivity contribution < 1.29 is 14.3 Å². The zero-order valence-corrected chi connectivity index (χ0v) is 12.1. The van der Waals surface area contributed by atoms with Crippen molar-refractivity contribution in [2.45, 2.75) is 6.61 Å². The van der Waals surface area contributed by atoms with Gasteiger partial charge in [-0.15, -0.1) is 0 Å². The number of ether oxygens (including phenoxy) is 2. The molecule has 0 N–H and O–H groups in total. The van der Waals surface area contributed by atoms with Gasteiger partial charge in [0, 0.05) is 0 Å². The van der Waals surface area contributed by atoms with Crippen LogP contribution in [0.4, 0.5) is 0 Å². The van der Waals surface area contributed by atoms with Crippen LogP contribution in [-0.4, -0.2) is 12.6 Å². The molecule has 0 unspecified atom stereocenters. The van der Waals surface area contributed by atoms with Crippen molar-refractivity contribution in [3.63, 3.8) is 0 Å². The Labute approximate surface area is 129 Å². The minimum Gasteiger partial charge on any atom is -0.482 e. The van der Waals surface area contributed by atoms with Crippen LogP contribution in [-0.2, 0) is 16.1 Å². The molecule has 3 rings (SSSR count). The molecule has 0 atom stereocenters. The highest BCUT2D eigenvalue weighted by molar-refractivity contribution is 5.83. The van der Waals surface area contributed by atoms with E-state index in [2.05, 4.69) is 0 Å². The number of rotatable bonds is 5. The summed E-state index contributed by atoms with van der Waals surface area (Å²) in [6, 6.07) is 23.3. The van der Waals surface area contributed by atoms with Gasteiger partial charge in [0.2, 0.25) is 0 Å². The molecule has 3 heteroatoms. The van der Waals surface area contributed by atoms with E-state index in [0.29, 0.717) is 5.75 Å². The quantitative estimate of drug-likeness (QED) is 0.668. The fourth-order valence-corrected chi connectivity index (χ4v) is 2.18. The second-order valence-electron chi connectivity index (χ2n) is 4.94. The van der Waals surface area contributed by atoms with Crippen molar-refractivity contribution in [2.24, 2.45) is 0 Å². The SMILES string of the molecule is O=C(COc1ccc2ccccc2c1)OCc1ccccc1. The van der Waals surface area contributed by atoms with Crippen LogP contribution in [0.25, 0.3) is 10.8 Å². The third-order valence-corrected chi connectivity index (χ3v) is 3.32. The number of benzene rings is 3. The molecule has 3 nitrogen and oxygen atoms in total. The summed E-state index contributed by atoms with van der Waals surface area (Å²) in [6.45, 7) is 0.173. The van der Waals surface area contributed by atoms with E-state index >= 15 is 0 Å². The third-order valence-electron chi connectivity index (χ3n) is 3.32. The highest BCUT2D eigenvalue weighted by atomic mass is 16.6. The van der Waals surface area contributed by atoms with E-state index in [-0.39, 0.29) is 19.2 Å². The first-order valence-electron chi connectivity index (χ1n) is 7.12. The van der Waals surface area contributed by atoms with E-state index < -0.39 is 0 Å². The van der Waals surface area contributed by atoms with Crippen LogP contribution in [0, 0.1) is 0 Å². The summed E-state index contributed by atoms with van der Waals surface area (Å²) in [7, 11) is 0. The molecule has 0 saturated heterocycles. The molecule has 0 spiro atoms. The Bertz CT molecular complexity index is 766. The lowest BCUT2D eigenvalue weighted by molar-refractivity contribution is -0.147. The van der Waals surface area contributed by atoms with Crippen molar-refractivity contribution >= 4 is 16.7 Å². The van der Waals surface area contributed by atoms with Crippen LogP contribution in [0.2, 0.25) is 0 Å². The van der Waals surface area contributed by atoms with Crippen LogP contribution >= 0.6 is 0 Å². The average Bonchev–Trinajstić information content (AvgIpc) is 2.59. The van der Waals surface area contributed by atoms with Crippen LogP contribution in [0.1, 0.15) is 5.56 Å². The van der Waals surface area contributed by atoms with Gasteiger partial charge in [-0.1, -0.05) is 60.7 Å². The molecule has 3 aromatic carbocycles. The van der Waals surface area contributed by atoms with Gasteiger partial charge in [-0.05, 0) is 28.5 Å². The van der Waals surface area contributed by atoms with Crippen LogP contribution in [0.15, 0.2) is 72.8 Å². The molecular weight excluding hydrogens is 276 g/mol. The smallest absolute Gasteiger partial charge is 0.344 e. The lowest BCUT2D eigenvalue weighted by Crippen LogP contribution is -2.14. The van der Waals surface area contributed by atoms with Gasteiger partial charge in [0.25, 0.3) is 0 Å². The van der Waals surface area contributed by atoms with Gasteiger partial charge >= 0.3 is 5.97 Å². The first-order valence-corrected chi connectivity index (χ1v) is 7.12. The number of carbonyl (C=O) groups excluding carboxylic acids is 1. The fraction of sp³-hybridized carbons (Fsp3) is 0.105. The van der Waals surface area contributed by atoms with Crippen molar-refractivity contribution in [3.8, 4) is 5.75 Å². The summed E-state index contributed by atoms with van der Waals surface area (Å²) in [5, 5.41) is 2.22. The van der Waals surface area contributed by atoms with Gasteiger partial charge < -0.3 is 9.47 Å². The van der Waals surface area contributed by atoms with E-state index in [1.165, 1.54) is 0 Å². The molecule has 0 saturated carbocycles. The highest BCUT2D eigenvalue weighted by Gasteiger charge is 2.05. The summed E-state index contributed by atoms with van der Waals surface area (Å²) >= 11 is 0. The van der Waals surface area contributed by atoms with Gasteiger partial charge in [0.1, 0.15) is 12.4 Å². The zero-order chi connectivity index (χ0) is 15.2. The molecule has 0 aliphatic carbocycles. The molecule has 0 amide bonds. The molecule has 22 heavy (non-hydrogen) atoms. The van der Waals surface area contributed by atoms with E-state index in [4.69, 9.17) is 9.47 Å². The maximum atomic E-state index is 11.7. The van der Waals surface area contributed by atoms with Crippen molar-refractivity contribution in [1.82, 2.24) is 0 Å². The molecule has 0 fully saturated rings. The monoisotopic (exact) mass is 292 g/mol. The number of fused-ring (bicyclic) bond motifs is 1. The normalized spacial score (nSPS) is 10.4. The Kier molecular flexibility index (Phi) is 4.35. The molecule has 0 aliphatic rings. The van der Waals surface area contributed by atoms with Gasteiger partial charge in [-0.3, -0.25) is 0 Å². The van der Waals surface area contributed by atoms with Crippen LogP contribution < -0.4 is 4.74 Å². The van der Waals surface area contributed by atoms with Crippen LogP contribution in [0.3, 0.4) is 0 Å². The largest absolute Gasteiger partial charge is 0.482 e. The van der Waals surface area contributed by atoms with E-state index in [0.717, 1.165) is 16.3 Å². The molecule has 0 aliphatic heterocycles. The first kappa shape index (κ1) is 14.1. The molecule has 110 valence electrons. The Morgan fingerprint density at radius 2 is 1.55 bits per heavy atom. The minimum atomic E-state index is -0.378. The number of carbonyl (C=O) groups is 1. The molecule has 0 bridgehead atoms. The predicted molar refractivity (Wildman–Crippen MR) is 85.7 cm³/mol. The molecule has 0 radical (unpaired) electrons. The van der Waals surface area contributed by atoms with Crippen molar-refractivity contribution in [1.29, 1.82) is 0 Å². The summed E-state index contributed by atoms with van der Waals surface area (Å²) in [6.07, 6.45) is 0. The second kappa shape index (κ2) is 6.76. The molecule has 0 aromatic heterocycles. The van der Waals surface area contributed by atoms with Gasteiger partial charge in [-0.2, -0.15) is 0 Å². The topological polar surface area (TPSA) is 35.5 Å². The van der Waals surface area contributed by atoms with Crippen molar-refractivity contribution in [3.05, 3.63) is 78.4 Å². The van der Waals surface area contributed by atoms with E-state index in [1.54, 1.807) is 0 Å². The minimum absolute atomic E-state index is 0.0921. The van der Waals surface area contributed by atoms with Gasteiger partial charge in [-0.25, -0.2) is 4.79 Å². The van der Waals surface area contributed by atoms with Gasteiger partial charge in [0.05, 0.1) is 0 Å². The molecule has 3 aromatic rings. The van der Waals surface area contributed by atoms with E-state index in [1.807, 2.05) is 72.8 Å². The van der Waals surface area contributed by atoms with Crippen LogP contribution in [0.5, 0.6) is 5.75 Å². The third kappa shape index (κ3) is 3.64. The Balaban J connectivity index is 1.53. The number of hydrogen-bond donors (Lipinski definition) is 0. The summed E-state index contributed by atoms with van der Waals surface area (Å²) in [5.41, 5.74) is 0.960. The second-order valence-corrected chi connectivity index (χ2v) is 4.94. The lowest BCUT2D eigenvalue weighted by Gasteiger charge is -2.08. The number of hydrogen-bond acceptors (Lipinski definition) is 3. The Hall–Kier alpha value is -2.81. The van der Waals surface area contributed by atoms with E-state index in [9.17, 15) is 4.79 Å². The number of esters is 1.